The van der Waals surface area contributed by atoms with Gasteiger partial charge in [0.15, 0.2) is 0 Å². The number of thioether (sulfide) groups is 1. The van der Waals surface area contributed by atoms with Crippen molar-refractivity contribution in [1.82, 2.24) is 5.32 Å². The van der Waals surface area contributed by atoms with Crippen molar-refractivity contribution in [3.63, 3.8) is 0 Å². The van der Waals surface area contributed by atoms with Gasteiger partial charge in [-0.1, -0.05) is 13.0 Å². The maximum atomic E-state index is 8.96. The zero-order valence-corrected chi connectivity index (χ0v) is 10.9. The Labute approximate surface area is 98.5 Å². The lowest BCUT2D eigenvalue weighted by Crippen LogP contribution is -2.40. The van der Waals surface area contributed by atoms with E-state index in [1.807, 2.05) is 17.8 Å². The lowest BCUT2D eigenvalue weighted by atomic mass is 10.1. The largest absolute Gasteiger partial charge is 0.396 e. The highest BCUT2D eigenvalue weighted by molar-refractivity contribution is 7.98. The molecule has 0 aliphatic carbocycles. The zero-order chi connectivity index (χ0) is 11.5. The summed E-state index contributed by atoms with van der Waals surface area (Å²) >= 11 is 1.83. The number of aliphatic hydroxyl groups is 1. The van der Waals surface area contributed by atoms with Gasteiger partial charge in [-0.25, -0.2) is 0 Å². The van der Waals surface area contributed by atoms with Crippen molar-refractivity contribution in [1.29, 1.82) is 0 Å². The average molecular weight is 231 g/mol. The van der Waals surface area contributed by atoms with Crippen LogP contribution in [0.1, 0.15) is 32.6 Å². The van der Waals surface area contributed by atoms with Crippen LogP contribution in [-0.4, -0.2) is 35.8 Å². The van der Waals surface area contributed by atoms with E-state index < -0.39 is 0 Å². The first kappa shape index (κ1) is 15.0. The van der Waals surface area contributed by atoms with Gasteiger partial charge in [0.05, 0.1) is 0 Å². The Morgan fingerprint density at radius 2 is 2.13 bits per heavy atom. The molecule has 0 amide bonds. The van der Waals surface area contributed by atoms with Gasteiger partial charge in [0.1, 0.15) is 0 Å². The van der Waals surface area contributed by atoms with Crippen LogP contribution in [0.5, 0.6) is 0 Å². The molecule has 3 heteroatoms. The number of hydrogen-bond donors (Lipinski definition) is 2. The van der Waals surface area contributed by atoms with E-state index in [0.717, 1.165) is 31.4 Å². The number of rotatable bonds is 10. The molecule has 0 heterocycles. The van der Waals surface area contributed by atoms with Crippen LogP contribution in [0.15, 0.2) is 12.7 Å². The molecule has 2 unspecified atom stereocenters. The molecule has 2 atom stereocenters. The van der Waals surface area contributed by atoms with Crippen LogP contribution in [0.25, 0.3) is 0 Å². The topological polar surface area (TPSA) is 32.3 Å². The van der Waals surface area contributed by atoms with Gasteiger partial charge in [-0.05, 0) is 31.9 Å². The fraction of sp³-hybridized carbons (Fsp3) is 0.833. The van der Waals surface area contributed by atoms with Crippen molar-refractivity contribution in [3.8, 4) is 0 Å². The molecule has 0 bridgehead atoms. The Morgan fingerprint density at radius 3 is 2.60 bits per heavy atom. The van der Waals surface area contributed by atoms with Crippen molar-refractivity contribution in [2.24, 2.45) is 0 Å². The summed E-state index contributed by atoms with van der Waals surface area (Å²) in [6, 6.07) is 1.01. The first-order valence-electron chi connectivity index (χ1n) is 5.75. The molecule has 90 valence electrons. The molecule has 0 aromatic rings. The molecular formula is C12H25NOS. The molecular weight excluding hydrogens is 206 g/mol. The molecule has 0 rings (SSSR count). The number of allylic oxidation sites excluding steroid dienone is 1. The summed E-state index contributed by atoms with van der Waals surface area (Å²) in [6.45, 7) is 6.23. The summed E-state index contributed by atoms with van der Waals surface area (Å²) in [4.78, 5) is 0. The molecule has 0 aromatic heterocycles. The molecule has 0 radical (unpaired) electrons. The Bertz CT molecular complexity index is 147. The molecule has 0 aromatic carbocycles. The summed E-state index contributed by atoms with van der Waals surface area (Å²) in [6.07, 6.45) is 8.29. The van der Waals surface area contributed by atoms with Crippen LogP contribution in [0.3, 0.4) is 0 Å². The highest BCUT2D eigenvalue weighted by atomic mass is 32.2. The molecule has 0 aliphatic rings. The van der Waals surface area contributed by atoms with Gasteiger partial charge in [0, 0.05) is 24.4 Å². The van der Waals surface area contributed by atoms with E-state index in [1.54, 1.807) is 0 Å². The maximum Gasteiger partial charge on any atom is 0.0446 e. The Kier molecular flexibility index (Phi) is 10.5. The van der Waals surface area contributed by atoms with Gasteiger partial charge in [0.25, 0.3) is 0 Å². The van der Waals surface area contributed by atoms with Gasteiger partial charge in [-0.2, -0.15) is 11.8 Å². The second kappa shape index (κ2) is 10.5. The fourth-order valence-corrected chi connectivity index (χ4v) is 2.29. The number of nitrogens with one attached hydrogen (secondary N) is 1. The highest BCUT2D eigenvalue weighted by Gasteiger charge is 2.12. The standard InChI is InChI=1S/C12H25NOS/c1-4-6-7-11(5-2)13-12(8-9-14)10-15-3/h4,11-14H,1,5-10H2,2-3H3. The van der Waals surface area contributed by atoms with Gasteiger partial charge >= 0.3 is 0 Å². The monoisotopic (exact) mass is 231 g/mol. The van der Waals surface area contributed by atoms with Crippen LogP contribution in [-0.2, 0) is 0 Å². The molecule has 2 N–H and O–H groups in total. The minimum atomic E-state index is 0.274. The van der Waals surface area contributed by atoms with E-state index in [-0.39, 0.29) is 6.61 Å². The van der Waals surface area contributed by atoms with E-state index in [4.69, 9.17) is 5.11 Å². The minimum absolute atomic E-state index is 0.274. The highest BCUT2D eigenvalue weighted by Crippen LogP contribution is 2.08. The smallest absolute Gasteiger partial charge is 0.0446 e. The Hall–Kier alpha value is 0.0100. The van der Waals surface area contributed by atoms with Crippen LogP contribution < -0.4 is 5.32 Å². The molecule has 0 fully saturated rings. The molecule has 0 aliphatic heterocycles. The third-order valence-electron chi connectivity index (χ3n) is 2.53. The molecule has 15 heavy (non-hydrogen) atoms. The van der Waals surface area contributed by atoms with Crippen molar-refractivity contribution in [2.75, 3.05) is 18.6 Å². The summed E-state index contributed by atoms with van der Waals surface area (Å²) in [5, 5.41) is 12.6. The minimum Gasteiger partial charge on any atom is -0.396 e. The third-order valence-corrected chi connectivity index (χ3v) is 3.26. The first-order valence-corrected chi connectivity index (χ1v) is 7.14. The molecule has 0 spiro atoms. The van der Waals surface area contributed by atoms with Crippen LogP contribution in [0, 0.1) is 0 Å². The normalized spacial score (nSPS) is 14.9. The van der Waals surface area contributed by atoms with Gasteiger partial charge in [-0.15, -0.1) is 6.58 Å². The first-order chi connectivity index (χ1) is 7.28. The maximum absolute atomic E-state index is 8.96. The van der Waals surface area contributed by atoms with E-state index in [0.29, 0.717) is 12.1 Å². The predicted octanol–water partition coefficient (Wildman–Crippen LogP) is 2.43. The van der Waals surface area contributed by atoms with Crippen molar-refractivity contribution >= 4 is 11.8 Å². The van der Waals surface area contributed by atoms with Crippen LogP contribution in [0.4, 0.5) is 0 Å². The van der Waals surface area contributed by atoms with Crippen molar-refractivity contribution in [2.45, 2.75) is 44.7 Å². The van der Waals surface area contributed by atoms with E-state index in [2.05, 4.69) is 25.1 Å². The van der Waals surface area contributed by atoms with E-state index in [1.165, 1.54) is 0 Å². The third kappa shape index (κ3) is 7.88. The Morgan fingerprint density at radius 1 is 1.40 bits per heavy atom. The van der Waals surface area contributed by atoms with E-state index in [9.17, 15) is 0 Å². The Balaban J connectivity index is 3.90. The SMILES string of the molecule is C=CCCC(CC)NC(CCO)CSC. The van der Waals surface area contributed by atoms with Gasteiger partial charge < -0.3 is 10.4 Å². The van der Waals surface area contributed by atoms with Gasteiger partial charge in [0.2, 0.25) is 0 Å². The van der Waals surface area contributed by atoms with Crippen molar-refractivity contribution < 1.29 is 5.11 Å². The van der Waals surface area contributed by atoms with Crippen molar-refractivity contribution in [3.05, 3.63) is 12.7 Å². The summed E-state index contributed by atoms with van der Waals surface area (Å²) in [7, 11) is 0. The number of aliphatic hydroxyl groups excluding tert-OH is 1. The molecule has 2 nitrogen and oxygen atoms in total. The van der Waals surface area contributed by atoms with Gasteiger partial charge in [-0.3, -0.25) is 0 Å². The van der Waals surface area contributed by atoms with E-state index >= 15 is 0 Å². The fourth-order valence-electron chi connectivity index (χ4n) is 1.63. The molecule has 0 saturated carbocycles. The summed E-state index contributed by atoms with van der Waals surface area (Å²) < 4.78 is 0. The quantitative estimate of drug-likeness (QED) is 0.566. The lowest BCUT2D eigenvalue weighted by Gasteiger charge is -2.23. The summed E-state index contributed by atoms with van der Waals surface area (Å²) in [5.41, 5.74) is 0. The van der Waals surface area contributed by atoms with Crippen LogP contribution >= 0.6 is 11.8 Å². The predicted molar refractivity (Wildman–Crippen MR) is 70.5 cm³/mol. The second-order valence-corrected chi connectivity index (χ2v) is 4.71. The lowest BCUT2D eigenvalue weighted by molar-refractivity contribution is 0.262. The molecule has 0 saturated heterocycles. The van der Waals surface area contributed by atoms with Crippen LogP contribution in [0.2, 0.25) is 0 Å². The average Bonchev–Trinajstić information content (AvgIpc) is 2.24. The second-order valence-electron chi connectivity index (χ2n) is 3.80. The summed E-state index contributed by atoms with van der Waals surface area (Å²) in [5.74, 6) is 1.07. The zero-order valence-electron chi connectivity index (χ0n) is 10.0. The number of hydrogen-bond acceptors (Lipinski definition) is 3.